The van der Waals surface area contributed by atoms with Gasteiger partial charge in [0.1, 0.15) is 0 Å². The molecule has 1 spiro atoms. The van der Waals surface area contributed by atoms with E-state index < -0.39 is 0 Å². The van der Waals surface area contributed by atoms with Crippen molar-refractivity contribution in [2.24, 2.45) is 5.41 Å². The van der Waals surface area contributed by atoms with Crippen LogP contribution in [0.25, 0.3) is 0 Å². The predicted octanol–water partition coefficient (Wildman–Crippen LogP) is 0.640. The maximum Gasteiger partial charge on any atom is 0.243 e. The first-order chi connectivity index (χ1) is 8.03. The first-order valence-corrected chi connectivity index (χ1v) is 6.76. The Morgan fingerprint density at radius 3 is 2.41 bits per heavy atom. The summed E-state index contributed by atoms with van der Waals surface area (Å²) in [4.78, 5) is 16.7. The Morgan fingerprint density at radius 2 is 1.88 bits per heavy atom. The molecule has 1 aliphatic carbocycles. The number of likely N-dealkylation sites (tertiary alicyclic amines) is 1. The van der Waals surface area contributed by atoms with Crippen LogP contribution < -0.4 is 5.32 Å². The van der Waals surface area contributed by atoms with E-state index in [0.717, 1.165) is 39.1 Å². The average molecular weight is 237 g/mol. The molecule has 4 nitrogen and oxygen atoms in total. The second kappa shape index (κ2) is 3.69. The molecule has 0 aromatic rings. The van der Waals surface area contributed by atoms with Gasteiger partial charge in [0.15, 0.2) is 0 Å². The van der Waals surface area contributed by atoms with Crippen LogP contribution in [-0.2, 0) is 4.79 Å². The van der Waals surface area contributed by atoms with Crippen molar-refractivity contribution in [3.8, 4) is 0 Å². The lowest BCUT2D eigenvalue weighted by Gasteiger charge is -2.40. The van der Waals surface area contributed by atoms with Crippen molar-refractivity contribution in [2.45, 2.75) is 38.1 Å². The van der Waals surface area contributed by atoms with Crippen molar-refractivity contribution in [2.75, 3.05) is 33.4 Å². The van der Waals surface area contributed by atoms with E-state index in [4.69, 9.17) is 0 Å². The summed E-state index contributed by atoms with van der Waals surface area (Å²) in [6.45, 7) is 6.37. The number of hydrogen-bond acceptors (Lipinski definition) is 3. The fourth-order valence-corrected chi connectivity index (χ4v) is 3.12. The molecule has 3 rings (SSSR count). The van der Waals surface area contributed by atoms with Crippen molar-refractivity contribution in [1.82, 2.24) is 15.1 Å². The van der Waals surface area contributed by atoms with Crippen LogP contribution in [0.15, 0.2) is 0 Å². The Kier molecular flexibility index (Phi) is 2.49. The highest BCUT2D eigenvalue weighted by Crippen LogP contribution is 2.41. The van der Waals surface area contributed by atoms with Gasteiger partial charge in [-0.2, -0.15) is 0 Å². The molecule has 3 aliphatic rings. The minimum absolute atomic E-state index is 0.123. The van der Waals surface area contributed by atoms with Crippen LogP contribution in [0.4, 0.5) is 0 Å². The SMILES string of the molecule is CN1CCC(C)(CN2CNC3(CC3)C2=O)CC1. The number of carbonyl (C=O) groups is 1. The smallest absolute Gasteiger partial charge is 0.243 e. The first kappa shape index (κ1) is 11.5. The normalized spacial score (nSPS) is 31.2. The number of rotatable bonds is 2. The van der Waals surface area contributed by atoms with E-state index >= 15 is 0 Å². The largest absolute Gasteiger partial charge is 0.328 e. The van der Waals surface area contributed by atoms with Crippen molar-refractivity contribution >= 4 is 5.91 Å². The van der Waals surface area contributed by atoms with E-state index in [2.05, 4.69) is 29.1 Å². The Balaban J connectivity index is 1.61. The third kappa shape index (κ3) is 1.97. The highest BCUT2D eigenvalue weighted by molar-refractivity contribution is 5.91. The Labute approximate surface area is 103 Å². The van der Waals surface area contributed by atoms with Crippen molar-refractivity contribution in [3.63, 3.8) is 0 Å². The number of amides is 1. The van der Waals surface area contributed by atoms with E-state index in [0.29, 0.717) is 11.3 Å². The molecule has 0 aromatic carbocycles. The fraction of sp³-hybridized carbons (Fsp3) is 0.923. The highest BCUT2D eigenvalue weighted by Gasteiger charge is 2.56. The first-order valence-electron chi connectivity index (χ1n) is 6.76. The van der Waals surface area contributed by atoms with Gasteiger partial charge in [0.25, 0.3) is 0 Å². The molecule has 2 heterocycles. The second-order valence-corrected chi connectivity index (χ2v) is 6.53. The molecule has 2 aliphatic heterocycles. The summed E-state index contributed by atoms with van der Waals surface area (Å²) in [5.74, 6) is 0.359. The van der Waals surface area contributed by atoms with Crippen LogP contribution in [0.1, 0.15) is 32.6 Å². The van der Waals surface area contributed by atoms with E-state index in [1.165, 1.54) is 12.8 Å². The van der Waals surface area contributed by atoms with Crippen LogP contribution >= 0.6 is 0 Å². The lowest BCUT2D eigenvalue weighted by Crippen LogP contribution is -2.45. The van der Waals surface area contributed by atoms with E-state index in [9.17, 15) is 4.79 Å². The molecule has 0 atom stereocenters. The number of nitrogens with one attached hydrogen (secondary N) is 1. The van der Waals surface area contributed by atoms with Gasteiger partial charge >= 0.3 is 0 Å². The fourth-order valence-electron chi connectivity index (χ4n) is 3.12. The maximum atomic E-state index is 12.2. The molecule has 1 N–H and O–H groups in total. The zero-order valence-electron chi connectivity index (χ0n) is 11.0. The summed E-state index contributed by atoms with van der Waals surface area (Å²) in [5.41, 5.74) is 0.200. The molecule has 17 heavy (non-hydrogen) atoms. The third-order valence-corrected chi connectivity index (χ3v) is 4.82. The Bertz CT molecular complexity index is 330. The zero-order valence-corrected chi connectivity index (χ0v) is 11.0. The molecular weight excluding hydrogens is 214 g/mol. The number of piperidine rings is 1. The topological polar surface area (TPSA) is 35.6 Å². The average Bonchev–Trinajstić information content (AvgIpc) is 3.03. The molecule has 96 valence electrons. The van der Waals surface area contributed by atoms with Gasteiger partial charge in [-0.25, -0.2) is 0 Å². The van der Waals surface area contributed by atoms with Crippen LogP contribution in [0.3, 0.4) is 0 Å². The summed E-state index contributed by atoms with van der Waals surface area (Å²) >= 11 is 0. The van der Waals surface area contributed by atoms with E-state index in [1.807, 2.05) is 0 Å². The lowest BCUT2D eigenvalue weighted by molar-refractivity contribution is -0.131. The summed E-state index contributed by atoms with van der Waals surface area (Å²) in [7, 11) is 2.18. The van der Waals surface area contributed by atoms with Gasteiger partial charge in [-0.3, -0.25) is 10.1 Å². The van der Waals surface area contributed by atoms with Crippen molar-refractivity contribution in [1.29, 1.82) is 0 Å². The molecule has 1 saturated carbocycles. The lowest BCUT2D eigenvalue weighted by atomic mass is 9.80. The third-order valence-electron chi connectivity index (χ3n) is 4.82. The van der Waals surface area contributed by atoms with Crippen molar-refractivity contribution < 1.29 is 4.79 Å². The van der Waals surface area contributed by atoms with Gasteiger partial charge in [0.05, 0.1) is 12.2 Å². The van der Waals surface area contributed by atoms with Gasteiger partial charge in [0, 0.05) is 6.54 Å². The van der Waals surface area contributed by atoms with Crippen LogP contribution in [0.2, 0.25) is 0 Å². The maximum absolute atomic E-state index is 12.2. The quantitative estimate of drug-likeness (QED) is 0.765. The minimum Gasteiger partial charge on any atom is -0.328 e. The number of nitrogens with zero attached hydrogens (tertiary/aromatic N) is 2. The highest BCUT2D eigenvalue weighted by atomic mass is 16.2. The molecule has 0 aromatic heterocycles. The van der Waals surface area contributed by atoms with Crippen LogP contribution in [0, 0.1) is 5.41 Å². The van der Waals surface area contributed by atoms with Crippen LogP contribution in [0.5, 0.6) is 0 Å². The van der Waals surface area contributed by atoms with Gasteiger partial charge in [-0.1, -0.05) is 6.92 Å². The van der Waals surface area contributed by atoms with Gasteiger partial charge in [-0.05, 0) is 51.2 Å². The summed E-state index contributed by atoms with van der Waals surface area (Å²) in [6, 6.07) is 0. The monoisotopic (exact) mass is 237 g/mol. The molecule has 0 unspecified atom stereocenters. The summed E-state index contributed by atoms with van der Waals surface area (Å²) < 4.78 is 0. The molecule has 3 fully saturated rings. The standard InChI is InChI=1S/C13H23N3O/c1-12(5-7-15(2)8-6-12)9-16-10-14-13(3-4-13)11(16)17/h14H,3-10H2,1-2H3. The Hall–Kier alpha value is -0.610. The molecule has 1 amide bonds. The van der Waals surface area contributed by atoms with Crippen molar-refractivity contribution in [3.05, 3.63) is 0 Å². The molecular formula is C13H23N3O. The van der Waals surface area contributed by atoms with Gasteiger partial charge < -0.3 is 9.80 Å². The van der Waals surface area contributed by atoms with Gasteiger partial charge in [-0.15, -0.1) is 0 Å². The van der Waals surface area contributed by atoms with E-state index in [1.54, 1.807) is 0 Å². The van der Waals surface area contributed by atoms with Gasteiger partial charge in [0.2, 0.25) is 5.91 Å². The summed E-state index contributed by atoms with van der Waals surface area (Å²) in [6.07, 6.45) is 4.50. The van der Waals surface area contributed by atoms with E-state index in [-0.39, 0.29) is 5.54 Å². The Morgan fingerprint density at radius 1 is 1.24 bits per heavy atom. The number of carbonyl (C=O) groups excluding carboxylic acids is 1. The van der Waals surface area contributed by atoms with Crippen LogP contribution in [-0.4, -0.2) is 54.6 Å². The zero-order chi connectivity index (χ0) is 12.1. The number of hydrogen-bond donors (Lipinski definition) is 1. The molecule has 0 radical (unpaired) electrons. The molecule has 4 heteroatoms. The molecule has 2 saturated heterocycles. The predicted molar refractivity (Wildman–Crippen MR) is 66.5 cm³/mol. The second-order valence-electron chi connectivity index (χ2n) is 6.53. The minimum atomic E-state index is -0.123. The molecule has 0 bridgehead atoms. The summed E-state index contributed by atoms with van der Waals surface area (Å²) in [5, 5.41) is 3.39.